The zero-order chi connectivity index (χ0) is 15.0. The van der Waals surface area contributed by atoms with Gasteiger partial charge in [-0.25, -0.2) is 4.79 Å². The third-order valence-electron chi connectivity index (χ3n) is 3.12. The second kappa shape index (κ2) is 8.32. The Labute approximate surface area is 119 Å². The van der Waals surface area contributed by atoms with E-state index in [0.29, 0.717) is 19.3 Å². The van der Waals surface area contributed by atoms with Crippen molar-refractivity contribution in [1.29, 1.82) is 0 Å². The van der Waals surface area contributed by atoms with Gasteiger partial charge in [-0.05, 0) is 24.8 Å². The molecular weight excluding hydrogens is 256 g/mol. The monoisotopic (exact) mass is 278 g/mol. The molecule has 0 radical (unpaired) electrons. The molecule has 0 aliphatic heterocycles. The molecule has 110 valence electrons. The van der Waals surface area contributed by atoms with Crippen LogP contribution in [0.15, 0.2) is 30.3 Å². The highest BCUT2D eigenvalue weighted by molar-refractivity contribution is 5.86. The molecule has 2 atom stereocenters. The number of benzene rings is 1. The highest BCUT2D eigenvalue weighted by Gasteiger charge is 2.22. The zero-order valence-electron chi connectivity index (χ0n) is 11.7. The summed E-state index contributed by atoms with van der Waals surface area (Å²) in [6.45, 7) is 1.93. The van der Waals surface area contributed by atoms with Crippen molar-refractivity contribution in [1.82, 2.24) is 5.32 Å². The summed E-state index contributed by atoms with van der Waals surface area (Å²) in [6, 6.07) is 8.04. The quantitative estimate of drug-likeness (QED) is 0.668. The zero-order valence-corrected chi connectivity index (χ0v) is 11.7. The van der Waals surface area contributed by atoms with Crippen LogP contribution >= 0.6 is 0 Å². The maximum atomic E-state index is 11.8. The number of aryl methyl sites for hydroxylation is 1. The van der Waals surface area contributed by atoms with Crippen LogP contribution < -0.4 is 11.1 Å². The van der Waals surface area contributed by atoms with Crippen molar-refractivity contribution in [3.05, 3.63) is 35.9 Å². The van der Waals surface area contributed by atoms with Gasteiger partial charge in [-0.15, -0.1) is 0 Å². The van der Waals surface area contributed by atoms with Crippen molar-refractivity contribution in [3.8, 4) is 0 Å². The SMILES string of the molecule is CCC[C@@H](N)C(=O)N[C@@H](CCc1ccccc1)C(=O)O. The maximum absolute atomic E-state index is 11.8. The smallest absolute Gasteiger partial charge is 0.326 e. The number of rotatable bonds is 8. The van der Waals surface area contributed by atoms with Crippen LogP contribution in [0.25, 0.3) is 0 Å². The Bertz CT molecular complexity index is 434. The first-order valence-electron chi connectivity index (χ1n) is 6.87. The van der Waals surface area contributed by atoms with Crippen LogP contribution in [0.2, 0.25) is 0 Å². The molecule has 20 heavy (non-hydrogen) atoms. The van der Waals surface area contributed by atoms with E-state index in [2.05, 4.69) is 5.32 Å². The lowest BCUT2D eigenvalue weighted by atomic mass is 10.0. The van der Waals surface area contributed by atoms with Crippen LogP contribution in [0, 0.1) is 0 Å². The van der Waals surface area contributed by atoms with Gasteiger partial charge >= 0.3 is 5.97 Å². The average Bonchev–Trinajstić information content (AvgIpc) is 2.44. The molecule has 0 saturated heterocycles. The first-order chi connectivity index (χ1) is 9.54. The Hall–Kier alpha value is -1.88. The summed E-state index contributed by atoms with van der Waals surface area (Å²) >= 11 is 0. The van der Waals surface area contributed by atoms with Crippen LogP contribution in [0.5, 0.6) is 0 Å². The van der Waals surface area contributed by atoms with Gasteiger partial charge in [0.25, 0.3) is 0 Å². The molecule has 5 heteroatoms. The summed E-state index contributed by atoms with van der Waals surface area (Å²) in [5.74, 6) is -1.43. The largest absolute Gasteiger partial charge is 0.480 e. The normalized spacial score (nSPS) is 13.5. The van der Waals surface area contributed by atoms with E-state index in [1.54, 1.807) is 0 Å². The van der Waals surface area contributed by atoms with E-state index in [1.807, 2.05) is 37.3 Å². The van der Waals surface area contributed by atoms with Gasteiger partial charge in [0.1, 0.15) is 6.04 Å². The molecule has 0 aliphatic carbocycles. The van der Waals surface area contributed by atoms with Crippen molar-refractivity contribution >= 4 is 11.9 Å². The highest BCUT2D eigenvalue weighted by atomic mass is 16.4. The number of amides is 1. The third kappa shape index (κ3) is 5.40. The van der Waals surface area contributed by atoms with Gasteiger partial charge in [-0.1, -0.05) is 43.7 Å². The molecule has 0 unspecified atom stereocenters. The van der Waals surface area contributed by atoms with Crippen LogP contribution in [-0.4, -0.2) is 29.1 Å². The molecule has 0 saturated carbocycles. The van der Waals surface area contributed by atoms with Gasteiger partial charge in [0.15, 0.2) is 0 Å². The van der Waals surface area contributed by atoms with E-state index >= 15 is 0 Å². The van der Waals surface area contributed by atoms with Crippen molar-refractivity contribution < 1.29 is 14.7 Å². The first-order valence-corrected chi connectivity index (χ1v) is 6.87. The second-order valence-electron chi connectivity index (χ2n) is 4.82. The van der Waals surface area contributed by atoms with E-state index in [0.717, 1.165) is 12.0 Å². The lowest BCUT2D eigenvalue weighted by Gasteiger charge is -2.17. The molecule has 0 bridgehead atoms. The average molecular weight is 278 g/mol. The van der Waals surface area contributed by atoms with Crippen molar-refractivity contribution in [2.24, 2.45) is 5.73 Å². The minimum atomic E-state index is -1.03. The number of nitrogens with two attached hydrogens (primary N) is 1. The summed E-state index contributed by atoms with van der Waals surface area (Å²) in [5.41, 5.74) is 6.73. The van der Waals surface area contributed by atoms with Gasteiger partial charge in [0, 0.05) is 0 Å². The molecule has 0 aromatic heterocycles. The third-order valence-corrected chi connectivity index (χ3v) is 3.12. The lowest BCUT2D eigenvalue weighted by molar-refractivity contribution is -0.142. The number of hydrogen-bond donors (Lipinski definition) is 3. The summed E-state index contributed by atoms with van der Waals surface area (Å²) in [6.07, 6.45) is 2.29. The Kier molecular flexibility index (Phi) is 6.73. The molecule has 5 nitrogen and oxygen atoms in total. The molecular formula is C15H22N2O3. The van der Waals surface area contributed by atoms with E-state index in [1.165, 1.54) is 0 Å². The highest BCUT2D eigenvalue weighted by Crippen LogP contribution is 2.06. The Morgan fingerprint density at radius 3 is 2.45 bits per heavy atom. The van der Waals surface area contributed by atoms with Gasteiger partial charge < -0.3 is 16.2 Å². The molecule has 0 heterocycles. The fourth-order valence-corrected chi connectivity index (χ4v) is 1.93. The minimum absolute atomic E-state index is 0.351. The van der Waals surface area contributed by atoms with Crippen molar-refractivity contribution in [3.63, 3.8) is 0 Å². The second-order valence-corrected chi connectivity index (χ2v) is 4.82. The Morgan fingerprint density at radius 1 is 1.25 bits per heavy atom. The molecule has 1 aromatic carbocycles. The molecule has 1 amide bonds. The number of carbonyl (C=O) groups excluding carboxylic acids is 1. The summed E-state index contributed by atoms with van der Waals surface area (Å²) in [4.78, 5) is 22.9. The van der Waals surface area contributed by atoms with Crippen LogP contribution in [0.1, 0.15) is 31.7 Å². The van der Waals surface area contributed by atoms with Crippen LogP contribution in [0.3, 0.4) is 0 Å². The number of hydrogen-bond acceptors (Lipinski definition) is 3. The number of carboxylic acids is 1. The van der Waals surface area contributed by atoms with E-state index in [4.69, 9.17) is 10.8 Å². The Balaban J connectivity index is 2.52. The number of carbonyl (C=O) groups is 2. The summed E-state index contributed by atoms with van der Waals surface area (Å²) in [7, 11) is 0. The minimum Gasteiger partial charge on any atom is -0.480 e. The van der Waals surface area contributed by atoms with Gasteiger partial charge in [0.05, 0.1) is 6.04 Å². The van der Waals surface area contributed by atoms with Gasteiger partial charge in [0.2, 0.25) is 5.91 Å². The predicted molar refractivity (Wildman–Crippen MR) is 77.2 cm³/mol. The van der Waals surface area contributed by atoms with Crippen LogP contribution in [0.4, 0.5) is 0 Å². The topological polar surface area (TPSA) is 92.4 Å². The molecule has 4 N–H and O–H groups in total. The maximum Gasteiger partial charge on any atom is 0.326 e. The molecule has 0 fully saturated rings. The van der Waals surface area contributed by atoms with E-state index < -0.39 is 24.0 Å². The fourth-order valence-electron chi connectivity index (χ4n) is 1.93. The summed E-state index contributed by atoms with van der Waals surface area (Å²) < 4.78 is 0. The predicted octanol–water partition coefficient (Wildman–Crippen LogP) is 1.32. The molecule has 0 aliphatic rings. The lowest BCUT2D eigenvalue weighted by Crippen LogP contribution is -2.48. The first kappa shape index (κ1) is 16.2. The molecule has 1 rings (SSSR count). The van der Waals surface area contributed by atoms with Gasteiger partial charge in [-0.2, -0.15) is 0 Å². The molecule has 1 aromatic rings. The standard InChI is InChI=1S/C15H22N2O3/c1-2-6-12(16)14(18)17-13(15(19)20)10-9-11-7-4-3-5-8-11/h3-5,7-8,12-13H,2,6,9-10,16H2,1H3,(H,17,18)(H,19,20)/t12-,13+/m1/s1. The Morgan fingerprint density at radius 2 is 1.90 bits per heavy atom. The van der Waals surface area contributed by atoms with Crippen molar-refractivity contribution in [2.75, 3.05) is 0 Å². The van der Waals surface area contributed by atoms with E-state index in [-0.39, 0.29) is 0 Å². The number of aliphatic carboxylic acids is 1. The fraction of sp³-hybridized carbons (Fsp3) is 0.467. The van der Waals surface area contributed by atoms with Gasteiger partial charge in [-0.3, -0.25) is 4.79 Å². The molecule has 0 spiro atoms. The number of nitrogens with one attached hydrogen (secondary N) is 1. The van der Waals surface area contributed by atoms with Crippen LogP contribution in [-0.2, 0) is 16.0 Å². The van der Waals surface area contributed by atoms with Crippen molar-refractivity contribution in [2.45, 2.75) is 44.7 Å². The number of carboxylic acid groups (broad SMARTS) is 1. The summed E-state index contributed by atoms with van der Waals surface area (Å²) in [5, 5.41) is 11.7. The van der Waals surface area contributed by atoms with E-state index in [9.17, 15) is 9.59 Å².